The largest absolute Gasteiger partial charge is 0.355 e. The van der Waals surface area contributed by atoms with E-state index in [4.69, 9.17) is 0 Å². The highest BCUT2D eigenvalue weighted by Crippen LogP contribution is 2.29. The SMILES string of the molecule is C[C@H](NC(=O)c1cccc(-c2nccnc2N2CCCC2)c1)c1ccccc1. The van der Waals surface area contributed by atoms with Crippen LogP contribution in [-0.2, 0) is 0 Å². The number of benzene rings is 2. The Morgan fingerprint density at radius 2 is 1.75 bits per heavy atom. The maximum Gasteiger partial charge on any atom is 0.251 e. The van der Waals surface area contributed by atoms with Crippen LogP contribution in [-0.4, -0.2) is 29.0 Å². The topological polar surface area (TPSA) is 58.1 Å². The molecule has 1 saturated heterocycles. The zero-order valence-electron chi connectivity index (χ0n) is 16.0. The molecule has 1 atom stereocenters. The fourth-order valence-electron chi connectivity index (χ4n) is 3.61. The number of anilines is 1. The summed E-state index contributed by atoms with van der Waals surface area (Å²) in [6.07, 6.45) is 5.79. The van der Waals surface area contributed by atoms with Crippen molar-refractivity contribution in [3.8, 4) is 11.3 Å². The molecule has 0 spiro atoms. The fourth-order valence-corrected chi connectivity index (χ4v) is 3.61. The van der Waals surface area contributed by atoms with Gasteiger partial charge >= 0.3 is 0 Å². The molecule has 1 aliphatic heterocycles. The molecule has 0 unspecified atom stereocenters. The van der Waals surface area contributed by atoms with E-state index in [1.54, 1.807) is 12.4 Å². The zero-order valence-corrected chi connectivity index (χ0v) is 16.0. The first-order valence-corrected chi connectivity index (χ1v) is 9.74. The molecule has 2 heterocycles. The highest BCUT2D eigenvalue weighted by molar-refractivity contribution is 5.96. The van der Waals surface area contributed by atoms with Gasteiger partial charge in [0.05, 0.1) is 6.04 Å². The molecule has 28 heavy (non-hydrogen) atoms. The lowest BCUT2D eigenvalue weighted by atomic mass is 10.1. The first-order valence-electron chi connectivity index (χ1n) is 9.74. The molecule has 0 radical (unpaired) electrons. The Hall–Kier alpha value is -3.21. The van der Waals surface area contributed by atoms with Crippen molar-refractivity contribution in [1.82, 2.24) is 15.3 Å². The van der Waals surface area contributed by atoms with Crippen LogP contribution in [0.4, 0.5) is 5.82 Å². The van der Waals surface area contributed by atoms with Gasteiger partial charge in [-0.1, -0.05) is 42.5 Å². The van der Waals surface area contributed by atoms with Crippen LogP contribution in [0.15, 0.2) is 67.0 Å². The van der Waals surface area contributed by atoms with E-state index in [9.17, 15) is 4.79 Å². The van der Waals surface area contributed by atoms with Crippen molar-refractivity contribution < 1.29 is 4.79 Å². The molecule has 2 aromatic carbocycles. The second kappa shape index (κ2) is 8.21. The summed E-state index contributed by atoms with van der Waals surface area (Å²) in [5.41, 5.74) is 3.45. The van der Waals surface area contributed by atoms with Gasteiger partial charge in [0.15, 0.2) is 5.82 Å². The first-order chi connectivity index (χ1) is 13.7. The van der Waals surface area contributed by atoms with Crippen LogP contribution in [0.2, 0.25) is 0 Å². The second-order valence-corrected chi connectivity index (χ2v) is 7.11. The summed E-state index contributed by atoms with van der Waals surface area (Å²) >= 11 is 0. The van der Waals surface area contributed by atoms with Crippen molar-refractivity contribution in [2.45, 2.75) is 25.8 Å². The summed E-state index contributed by atoms with van der Waals surface area (Å²) in [5, 5.41) is 3.08. The minimum atomic E-state index is -0.0928. The standard InChI is InChI=1S/C23H24N4O/c1-17(18-8-3-2-4-9-18)26-23(28)20-11-7-10-19(16-20)21-22(25-13-12-24-21)27-14-5-6-15-27/h2-4,7-13,16-17H,5-6,14-15H2,1H3,(H,26,28)/t17-/m0/s1. The van der Waals surface area contributed by atoms with E-state index < -0.39 is 0 Å². The normalized spacial score (nSPS) is 14.7. The van der Waals surface area contributed by atoms with E-state index in [-0.39, 0.29) is 11.9 Å². The molecule has 0 aliphatic carbocycles. The Bertz CT molecular complexity index is 952. The summed E-state index contributed by atoms with van der Waals surface area (Å²) in [4.78, 5) is 24.2. The lowest BCUT2D eigenvalue weighted by Gasteiger charge is -2.19. The minimum Gasteiger partial charge on any atom is -0.355 e. The molecular formula is C23H24N4O. The van der Waals surface area contributed by atoms with Crippen molar-refractivity contribution in [3.05, 3.63) is 78.1 Å². The molecule has 5 heteroatoms. The predicted molar refractivity (Wildman–Crippen MR) is 111 cm³/mol. The predicted octanol–water partition coefficient (Wildman–Crippen LogP) is 4.23. The molecule has 5 nitrogen and oxygen atoms in total. The number of carbonyl (C=O) groups excluding carboxylic acids is 1. The minimum absolute atomic E-state index is 0.0611. The van der Waals surface area contributed by atoms with E-state index in [0.717, 1.165) is 35.7 Å². The molecule has 1 aromatic heterocycles. The number of carbonyl (C=O) groups is 1. The molecule has 1 N–H and O–H groups in total. The number of amides is 1. The van der Waals surface area contributed by atoms with Crippen molar-refractivity contribution in [3.63, 3.8) is 0 Å². The number of nitrogens with one attached hydrogen (secondary N) is 1. The van der Waals surface area contributed by atoms with Crippen molar-refractivity contribution in [2.75, 3.05) is 18.0 Å². The van der Waals surface area contributed by atoms with Crippen LogP contribution in [0.25, 0.3) is 11.3 Å². The fraction of sp³-hybridized carbons (Fsp3) is 0.261. The number of hydrogen-bond acceptors (Lipinski definition) is 4. The molecule has 4 rings (SSSR count). The van der Waals surface area contributed by atoms with Gasteiger partial charge in [0.25, 0.3) is 5.91 Å². The van der Waals surface area contributed by atoms with Gasteiger partial charge in [-0.05, 0) is 37.5 Å². The maximum atomic E-state index is 12.8. The van der Waals surface area contributed by atoms with Gasteiger partial charge in [-0.2, -0.15) is 0 Å². The van der Waals surface area contributed by atoms with Gasteiger partial charge in [-0.3, -0.25) is 9.78 Å². The van der Waals surface area contributed by atoms with Gasteiger partial charge in [0, 0.05) is 36.6 Å². The monoisotopic (exact) mass is 372 g/mol. The van der Waals surface area contributed by atoms with E-state index in [1.165, 1.54) is 12.8 Å². The quantitative estimate of drug-likeness (QED) is 0.728. The first kappa shape index (κ1) is 18.2. The maximum absolute atomic E-state index is 12.8. The Labute approximate surface area is 165 Å². The molecule has 1 aliphatic rings. The van der Waals surface area contributed by atoms with Gasteiger partial charge in [0.1, 0.15) is 5.69 Å². The molecule has 3 aromatic rings. The summed E-state index contributed by atoms with van der Waals surface area (Å²) in [6, 6.07) is 17.5. The number of hydrogen-bond donors (Lipinski definition) is 1. The Morgan fingerprint density at radius 3 is 2.54 bits per heavy atom. The molecule has 142 valence electrons. The molecule has 1 amide bonds. The van der Waals surface area contributed by atoms with Crippen molar-refractivity contribution in [2.24, 2.45) is 0 Å². The van der Waals surface area contributed by atoms with E-state index in [1.807, 2.05) is 61.5 Å². The summed E-state index contributed by atoms with van der Waals surface area (Å²) in [7, 11) is 0. The third-order valence-corrected chi connectivity index (χ3v) is 5.13. The van der Waals surface area contributed by atoms with Gasteiger partial charge in [-0.25, -0.2) is 4.98 Å². The average molecular weight is 372 g/mol. The van der Waals surface area contributed by atoms with Crippen molar-refractivity contribution in [1.29, 1.82) is 0 Å². The van der Waals surface area contributed by atoms with E-state index in [0.29, 0.717) is 5.56 Å². The smallest absolute Gasteiger partial charge is 0.251 e. The lowest BCUT2D eigenvalue weighted by Crippen LogP contribution is -2.26. The molecule has 1 fully saturated rings. The highest BCUT2D eigenvalue weighted by Gasteiger charge is 2.19. The average Bonchev–Trinajstić information content (AvgIpc) is 3.29. The van der Waals surface area contributed by atoms with Gasteiger partial charge in [0.2, 0.25) is 0 Å². The number of rotatable bonds is 5. The second-order valence-electron chi connectivity index (χ2n) is 7.11. The van der Waals surface area contributed by atoms with E-state index >= 15 is 0 Å². The lowest BCUT2D eigenvalue weighted by molar-refractivity contribution is 0.0940. The van der Waals surface area contributed by atoms with Crippen LogP contribution in [0.1, 0.15) is 41.7 Å². The van der Waals surface area contributed by atoms with Crippen LogP contribution < -0.4 is 10.2 Å². The van der Waals surface area contributed by atoms with Crippen molar-refractivity contribution >= 4 is 11.7 Å². The van der Waals surface area contributed by atoms with Crippen LogP contribution in [0, 0.1) is 0 Å². The Balaban J connectivity index is 1.58. The molecule has 0 bridgehead atoms. The van der Waals surface area contributed by atoms with Crippen LogP contribution in [0.3, 0.4) is 0 Å². The van der Waals surface area contributed by atoms with Crippen LogP contribution in [0.5, 0.6) is 0 Å². The third-order valence-electron chi connectivity index (χ3n) is 5.13. The third kappa shape index (κ3) is 3.88. The number of aromatic nitrogens is 2. The number of nitrogens with zero attached hydrogens (tertiary/aromatic N) is 3. The summed E-state index contributed by atoms with van der Waals surface area (Å²) in [5.74, 6) is 0.806. The van der Waals surface area contributed by atoms with Gasteiger partial charge in [-0.15, -0.1) is 0 Å². The molecule has 0 saturated carbocycles. The summed E-state index contributed by atoms with van der Waals surface area (Å²) in [6.45, 7) is 3.99. The molecular weight excluding hydrogens is 348 g/mol. The summed E-state index contributed by atoms with van der Waals surface area (Å²) < 4.78 is 0. The van der Waals surface area contributed by atoms with E-state index in [2.05, 4.69) is 20.2 Å². The van der Waals surface area contributed by atoms with Crippen LogP contribution >= 0.6 is 0 Å². The zero-order chi connectivity index (χ0) is 19.3. The highest BCUT2D eigenvalue weighted by atomic mass is 16.1. The Kier molecular flexibility index (Phi) is 5.33. The Morgan fingerprint density at radius 1 is 1.00 bits per heavy atom. The van der Waals surface area contributed by atoms with Gasteiger partial charge < -0.3 is 10.2 Å².